The van der Waals surface area contributed by atoms with Crippen molar-refractivity contribution in [3.05, 3.63) is 99.5 Å². The lowest BCUT2D eigenvalue weighted by Gasteiger charge is -2.26. The molecule has 29 heavy (non-hydrogen) atoms. The van der Waals surface area contributed by atoms with Crippen LogP contribution in [-0.4, -0.2) is 21.8 Å². The fraction of sp³-hybridized carbons (Fsp3) is 0.0952. The normalized spacial score (nSPS) is 17.3. The lowest BCUT2D eigenvalue weighted by Crippen LogP contribution is -2.36. The largest absolute Gasteiger partial charge is 0.326 e. The Bertz CT molecular complexity index is 1080. The standard InChI is InChI=1S/C21H14Cl2FN3O2/c22-14-8-6-13(7-9-14)19(18-16(24)10-15(23)11-25-18)27-20(28)17(26-21(27)29)12-4-2-1-3-5-12/h1-11,17,19H,(H,26,29)/t17?,19-/m0/s1. The quantitative estimate of drug-likeness (QED) is 0.599. The number of benzene rings is 2. The average Bonchev–Trinajstić information content (AvgIpc) is 3.00. The molecule has 0 aliphatic carbocycles. The highest BCUT2D eigenvalue weighted by molar-refractivity contribution is 6.30. The van der Waals surface area contributed by atoms with Crippen molar-refractivity contribution in [2.75, 3.05) is 0 Å². The molecule has 2 atom stereocenters. The summed E-state index contributed by atoms with van der Waals surface area (Å²) >= 11 is 11.8. The number of imide groups is 1. The highest BCUT2D eigenvalue weighted by Gasteiger charge is 2.45. The number of rotatable bonds is 4. The Morgan fingerprint density at radius 2 is 1.69 bits per heavy atom. The molecule has 0 radical (unpaired) electrons. The SMILES string of the molecule is O=C1NC(c2ccccc2)C(=O)N1[C@@H](c1ccc(Cl)cc1)c1ncc(Cl)cc1F. The topological polar surface area (TPSA) is 62.3 Å². The number of hydrogen-bond acceptors (Lipinski definition) is 3. The molecule has 1 aromatic heterocycles. The second-order valence-corrected chi connectivity index (χ2v) is 7.35. The van der Waals surface area contributed by atoms with Crippen LogP contribution in [0.25, 0.3) is 0 Å². The predicted molar refractivity (Wildman–Crippen MR) is 107 cm³/mol. The number of aromatic nitrogens is 1. The summed E-state index contributed by atoms with van der Waals surface area (Å²) in [6.07, 6.45) is 1.27. The highest BCUT2D eigenvalue weighted by Crippen LogP contribution is 2.35. The first-order valence-electron chi connectivity index (χ1n) is 8.70. The average molecular weight is 430 g/mol. The summed E-state index contributed by atoms with van der Waals surface area (Å²) in [4.78, 5) is 31.0. The van der Waals surface area contributed by atoms with Crippen LogP contribution >= 0.6 is 23.2 Å². The molecule has 1 aliphatic heterocycles. The number of hydrogen-bond donors (Lipinski definition) is 1. The summed E-state index contributed by atoms with van der Waals surface area (Å²) in [5, 5.41) is 3.25. The molecule has 1 fully saturated rings. The zero-order valence-electron chi connectivity index (χ0n) is 14.9. The van der Waals surface area contributed by atoms with E-state index in [-0.39, 0.29) is 10.7 Å². The number of carbonyl (C=O) groups excluding carboxylic acids is 2. The Kier molecular flexibility index (Phi) is 5.22. The minimum Gasteiger partial charge on any atom is -0.322 e. The van der Waals surface area contributed by atoms with Crippen molar-refractivity contribution in [3.8, 4) is 0 Å². The smallest absolute Gasteiger partial charge is 0.322 e. The Morgan fingerprint density at radius 1 is 1.00 bits per heavy atom. The molecule has 8 heteroatoms. The number of nitrogens with one attached hydrogen (secondary N) is 1. The van der Waals surface area contributed by atoms with Gasteiger partial charge in [-0.05, 0) is 29.3 Å². The van der Waals surface area contributed by atoms with Gasteiger partial charge in [0.25, 0.3) is 5.91 Å². The van der Waals surface area contributed by atoms with E-state index >= 15 is 0 Å². The summed E-state index contributed by atoms with van der Waals surface area (Å²) in [6.45, 7) is 0. The van der Waals surface area contributed by atoms with E-state index in [0.717, 1.165) is 11.0 Å². The van der Waals surface area contributed by atoms with Gasteiger partial charge in [0.1, 0.15) is 23.6 Å². The van der Waals surface area contributed by atoms with Gasteiger partial charge < -0.3 is 5.32 Å². The second-order valence-electron chi connectivity index (χ2n) is 6.48. The Morgan fingerprint density at radius 3 is 2.34 bits per heavy atom. The van der Waals surface area contributed by atoms with Gasteiger partial charge >= 0.3 is 6.03 Å². The third-order valence-corrected chi connectivity index (χ3v) is 5.10. The fourth-order valence-corrected chi connectivity index (χ4v) is 3.58. The number of halogens is 3. The van der Waals surface area contributed by atoms with Gasteiger partial charge in [0.05, 0.1) is 5.02 Å². The van der Waals surface area contributed by atoms with E-state index < -0.39 is 29.8 Å². The van der Waals surface area contributed by atoms with Crippen LogP contribution in [0.15, 0.2) is 66.9 Å². The number of urea groups is 1. The molecular weight excluding hydrogens is 416 g/mol. The first-order chi connectivity index (χ1) is 14.0. The third-order valence-electron chi connectivity index (χ3n) is 4.64. The van der Waals surface area contributed by atoms with Crippen molar-refractivity contribution in [1.29, 1.82) is 0 Å². The predicted octanol–water partition coefficient (Wildman–Crippen LogP) is 4.91. The van der Waals surface area contributed by atoms with Crippen molar-refractivity contribution >= 4 is 35.1 Å². The van der Waals surface area contributed by atoms with Gasteiger partial charge in [-0.1, -0.05) is 65.7 Å². The minimum absolute atomic E-state index is 0.0889. The zero-order valence-corrected chi connectivity index (χ0v) is 16.4. The molecule has 5 nitrogen and oxygen atoms in total. The van der Waals surface area contributed by atoms with Crippen LogP contribution in [0.2, 0.25) is 10.0 Å². The molecule has 1 aliphatic rings. The Hall–Kier alpha value is -2.96. The van der Waals surface area contributed by atoms with Gasteiger partial charge in [0, 0.05) is 11.2 Å². The maximum absolute atomic E-state index is 14.8. The molecule has 0 bridgehead atoms. The van der Waals surface area contributed by atoms with E-state index in [1.165, 1.54) is 6.20 Å². The molecule has 3 amide bonds. The third kappa shape index (κ3) is 3.69. The number of pyridine rings is 1. The van der Waals surface area contributed by atoms with Gasteiger partial charge in [-0.2, -0.15) is 0 Å². The summed E-state index contributed by atoms with van der Waals surface area (Å²) in [5.41, 5.74) is 1.03. The van der Waals surface area contributed by atoms with Crippen LogP contribution in [0.4, 0.5) is 9.18 Å². The fourth-order valence-electron chi connectivity index (χ4n) is 3.31. The van der Waals surface area contributed by atoms with Crippen LogP contribution in [0.3, 0.4) is 0 Å². The lowest BCUT2D eigenvalue weighted by molar-refractivity contribution is -0.128. The Labute approximate surface area is 176 Å². The van der Waals surface area contributed by atoms with E-state index in [1.807, 2.05) is 6.07 Å². The van der Waals surface area contributed by atoms with Crippen LogP contribution in [0, 0.1) is 5.82 Å². The van der Waals surface area contributed by atoms with Crippen LogP contribution < -0.4 is 5.32 Å². The second kappa shape index (κ2) is 7.81. The van der Waals surface area contributed by atoms with Crippen molar-refractivity contribution in [2.24, 2.45) is 0 Å². The van der Waals surface area contributed by atoms with Gasteiger partial charge in [0.15, 0.2) is 0 Å². The first kappa shape index (κ1) is 19.4. The summed E-state index contributed by atoms with van der Waals surface area (Å²) < 4.78 is 14.8. The highest BCUT2D eigenvalue weighted by atomic mass is 35.5. The lowest BCUT2D eigenvalue weighted by atomic mass is 10.00. The van der Waals surface area contributed by atoms with Crippen molar-refractivity contribution < 1.29 is 14.0 Å². The molecule has 0 saturated carbocycles. The summed E-state index contributed by atoms with van der Waals surface area (Å²) in [7, 11) is 0. The molecule has 4 rings (SSSR count). The monoisotopic (exact) mass is 429 g/mol. The molecule has 146 valence electrons. The molecule has 1 unspecified atom stereocenters. The van der Waals surface area contributed by atoms with E-state index in [2.05, 4.69) is 10.3 Å². The van der Waals surface area contributed by atoms with Crippen LogP contribution in [-0.2, 0) is 4.79 Å². The van der Waals surface area contributed by atoms with E-state index in [9.17, 15) is 14.0 Å². The molecule has 1 saturated heterocycles. The van der Waals surface area contributed by atoms with Gasteiger partial charge in [-0.25, -0.2) is 14.1 Å². The summed E-state index contributed by atoms with van der Waals surface area (Å²) in [6, 6.07) is 13.8. The van der Waals surface area contributed by atoms with Crippen molar-refractivity contribution in [1.82, 2.24) is 15.2 Å². The van der Waals surface area contributed by atoms with Gasteiger partial charge in [-0.3, -0.25) is 9.78 Å². The van der Waals surface area contributed by atoms with Crippen molar-refractivity contribution in [2.45, 2.75) is 12.1 Å². The van der Waals surface area contributed by atoms with E-state index in [4.69, 9.17) is 23.2 Å². The van der Waals surface area contributed by atoms with Crippen molar-refractivity contribution in [3.63, 3.8) is 0 Å². The minimum atomic E-state index is -1.08. The van der Waals surface area contributed by atoms with Crippen LogP contribution in [0.1, 0.15) is 28.9 Å². The molecule has 2 heterocycles. The molecule has 1 N–H and O–H groups in total. The summed E-state index contributed by atoms with van der Waals surface area (Å²) in [5.74, 6) is -1.22. The zero-order chi connectivity index (χ0) is 20.5. The van der Waals surface area contributed by atoms with Crippen LogP contribution in [0.5, 0.6) is 0 Å². The van der Waals surface area contributed by atoms with E-state index in [1.54, 1.807) is 48.5 Å². The van der Waals surface area contributed by atoms with E-state index in [0.29, 0.717) is 16.1 Å². The van der Waals surface area contributed by atoms with Gasteiger partial charge in [0.2, 0.25) is 0 Å². The maximum atomic E-state index is 14.8. The molecule has 2 aromatic carbocycles. The molecule has 3 aromatic rings. The maximum Gasteiger partial charge on any atom is 0.326 e. The Balaban J connectivity index is 1.81. The first-order valence-corrected chi connectivity index (χ1v) is 9.46. The molecule has 0 spiro atoms. The number of carbonyl (C=O) groups is 2. The number of amides is 3. The number of nitrogens with zero attached hydrogens (tertiary/aromatic N) is 2. The molecular formula is C21H14Cl2FN3O2. The van der Waals surface area contributed by atoms with Gasteiger partial charge in [-0.15, -0.1) is 0 Å².